The van der Waals surface area contributed by atoms with E-state index in [1.165, 1.54) is 42.5 Å². The number of nitrogens with zero attached hydrogens (tertiary/aromatic N) is 1. The number of alkyl halides is 3. The van der Waals surface area contributed by atoms with Crippen LogP contribution in [-0.4, -0.2) is 67.3 Å². The van der Waals surface area contributed by atoms with Crippen LogP contribution in [0.5, 0.6) is 5.75 Å². The fourth-order valence-electron chi connectivity index (χ4n) is 6.55. The zero-order chi connectivity index (χ0) is 41.8. The lowest BCUT2D eigenvalue weighted by atomic mass is 9.99. The van der Waals surface area contributed by atoms with Gasteiger partial charge in [-0.15, -0.1) is 0 Å². The molecule has 58 heavy (non-hydrogen) atoms. The molecule has 0 fully saturated rings. The fraction of sp³-hybridized carbons (Fsp3) is 0.268. The van der Waals surface area contributed by atoms with Gasteiger partial charge in [-0.3, -0.25) is 14.4 Å². The van der Waals surface area contributed by atoms with Crippen molar-refractivity contribution in [3.05, 3.63) is 112 Å². The molecule has 0 radical (unpaired) electrons. The number of aliphatic hydroxyl groups is 1. The Morgan fingerprint density at radius 2 is 1.71 bits per heavy atom. The monoisotopic (exact) mass is 820 g/mol. The Morgan fingerprint density at radius 1 is 0.983 bits per heavy atom. The number of carbonyl (C=O) groups is 3. The van der Waals surface area contributed by atoms with E-state index in [4.69, 9.17) is 14.7 Å². The number of carbonyl (C=O) groups excluding carboxylic acids is 3. The van der Waals surface area contributed by atoms with Gasteiger partial charge in [-0.2, -0.15) is 18.4 Å². The van der Waals surface area contributed by atoms with Crippen LogP contribution in [0.4, 0.5) is 23.2 Å². The number of H-pyrrole nitrogens is 1. The molecule has 0 saturated carbocycles. The van der Waals surface area contributed by atoms with Gasteiger partial charge in [0.15, 0.2) is 21.2 Å². The number of ether oxygens (including phenoxy) is 2. The van der Waals surface area contributed by atoms with Crippen molar-refractivity contribution in [1.82, 2.24) is 10.3 Å². The van der Waals surface area contributed by atoms with Gasteiger partial charge in [0, 0.05) is 40.8 Å². The van der Waals surface area contributed by atoms with Crippen molar-refractivity contribution in [2.45, 2.75) is 49.4 Å². The quantitative estimate of drug-likeness (QED) is 0.0741. The Hall–Kier alpha value is -6.09. The number of nitrogens with one attached hydrogen (secondary N) is 3. The number of sulfone groups is 1. The smallest absolute Gasteiger partial charge is 0.417 e. The first-order valence-corrected chi connectivity index (χ1v) is 19.5. The molecule has 12 nitrogen and oxygen atoms in total. The Labute approximate surface area is 329 Å². The maximum absolute atomic E-state index is 14.3. The van der Waals surface area contributed by atoms with E-state index in [0.717, 1.165) is 46.8 Å². The topological polar surface area (TPSA) is 188 Å². The number of ketones is 1. The highest BCUT2D eigenvalue weighted by molar-refractivity contribution is 7.91. The van der Waals surface area contributed by atoms with E-state index in [1.807, 2.05) is 24.3 Å². The van der Waals surface area contributed by atoms with Crippen molar-refractivity contribution in [2.75, 3.05) is 30.9 Å². The number of benzene rings is 4. The molecule has 302 valence electrons. The predicted molar refractivity (Wildman–Crippen MR) is 203 cm³/mol. The van der Waals surface area contributed by atoms with Crippen molar-refractivity contribution >= 4 is 44.0 Å². The van der Waals surface area contributed by atoms with Gasteiger partial charge in [-0.25, -0.2) is 12.8 Å². The second-order valence-electron chi connectivity index (χ2n) is 13.8. The molecule has 1 atom stereocenters. The summed E-state index contributed by atoms with van der Waals surface area (Å²) in [6, 6.07) is 19.0. The summed E-state index contributed by atoms with van der Waals surface area (Å²) in [6.45, 7) is 0.916. The molecule has 4 N–H and O–H groups in total. The SMILES string of the molecule is C[C@](O)(CS(=O)(=O)c1ccc(OCCOCC(=O)NCc2ccc(-c3[nH]c4cc(F)cc5c4c3CCCC5=O)cc2)cc1)C(=O)Nc1ccc(C#N)c(C(F)(F)F)c1. The summed E-state index contributed by atoms with van der Waals surface area (Å²) >= 11 is 0. The molecular weight excluding hydrogens is 785 g/mol. The van der Waals surface area contributed by atoms with Gasteiger partial charge in [-0.05, 0) is 91.1 Å². The third-order valence-electron chi connectivity index (χ3n) is 9.41. The average Bonchev–Trinajstić information content (AvgIpc) is 3.44. The van der Waals surface area contributed by atoms with Crippen LogP contribution in [0.15, 0.2) is 83.8 Å². The minimum atomic E-state index is -4.90. The molecule has 1 heterocycles. The van der Waals surface area contributed by atoms with Crippen LogP contribution in [0, 0.1) is 17.1 Å². The van der Waals surface area contributed by atoms with Crippen LogP contribution in [-0.2, 0) is 43.3 Å². The lowest BCUT2D eigenvalue weighted by Crippen LogP contribution is -2.45. The van der Waals surface area contributed by atoms with Crippen molar-refractivity contribution in [1.29, 1.82) is 5.26 Å². The Morgan fingerprint density at radius 3 is 2.40 bits per heavy atom. The van der Waals surface area contributed by atoms with Gasteiger partial charge in [0.2, 0.25) is 5.91 Å². The largest absolute Gasteiger partial charge is 0.491 e. The number of amides is 2. The number of hydrogen-bond donors (Lipinski definition) is 4. The predicted octanol–water partition coefficient (Wildman–Crippen LogP) is 6.26. The summed E-state index contributed by atoms with van der Waals surface area (Å²) in [7, 11) is -4.29. The zero-order valence-corrected chi connectivity index (χ0v) is 31.7. The number of aryl methyl sites for hydroxylation is 1. The molecule has 0 aliphatic heterocycles. The molecule has 1 aliphatic rings. The third-order valence-corrected chi connectivity index (χ3v) is 11.3. The van der Waals surface area contributed by atoms with Gasteiger partial charge < -0.3 is 30.2 Å². The number of nitriles is 1. The third kappa shape index (κ3) is 9.53. The molecule has 0 bridgehead atoms. The van der Waals surface area contributed by atoms with Crippen LogP contribution in [0.3, 0.4) is 0 Å². The van der Waals surface area contributed by atoms with Crippen LogP contribution in [0.25, 0.3) is 22.2 Å². The lowest BCUT2D eigenvalue weighted by molar-refractivity contribution is -0.138. The van der Waals surface area contributed by atoms with Gasteiger partial charge >= 0.3 is 6.18 Å². The molecule has 1 aliphatic carbocycles. The maximum atomic E-state index is 14.3. The van der Waals surface area contributed by atoms with E-state index in [0.29, 0.717) is 36.4 Å². The average molecular weight is 821 g/mol. The lowest BCUT2D eigenvalue weighted by Gasteiger charge is -2.22. The van der Waals surface area contributed by atoms with Crippen molar-refractivity contribution in [2.24, 2.45) is 0 Å². The van der Waals surface area contributed by atoms with Crippen LogP contribution < -0.4 is 15.4 Å². The van der Waals surface area contributed by atoms with Crippen LogP contribution >= 0.6 is 0 Å². The fourth-order valence-corrected chi connectivity index (χ4v) is 8.14. The molecule has 0 spiro atoms. The Kier molecular flexibility index (Phi) is 12.0. The van der Waals surface area contributed by atoms with Gasteiger partial charge in [0.1, 0.15) is 24.8 Å². The Bertz CT molecular complexity index is 2530. The van der Waals surface area contributed by atoms with Crippen LogP contribution in [0.2, 0.25) is 0 Å². The first kappa shape index (κ1) is 41.5. The summed E-state index contributed by atoms with van der Waals surface area (Å²) in [4.78, 5) is 40.7. The second kappa shape index (κ2) is 16.8. The molecule has 1 aromatic heterocycles. The van der Waals surface area contributed by atoms with Gasteiger partial charge in [0.25, 0.3) is 5.91 Å². The Balaban J connectivity index is 0.933. The zero-order valence-electron chi connectivity index (χ0n) is 30.8. The number of aromatic nitrogens is 1. The molecule has 2 amide bonds. The molecule has 5 aromatic rings. The van der Waals surface area contributed by atoms with Crippen molar-refractivity contribution < 1.29 is 54.9 Å². The molecule has 0 saturated heterocycles. The summed E-state index contributed by atoms with van der Waals surface area (Å²) in [5.74, 6) is -3.04. The highest BCUT2D eigenvalue weighted by atomic mass is 32.2. The summed E-state index contributed by atoms with van der Waals surface area (Å²) in [5, 5.41) is 25.2. The molecule has 17 heteroatoms. The van der Waals surface area contributed by atoms with Crippen LogP contribution in [0.1, 0.15) is 52.4 Å². The number of hydrogen-bond acceptors (Lipinski definition) is 9. The van der Waals surface area contributed by atoms with Crippen molar-refractivity contribution in [3.63, 3.8) is 0 Å². The van der Waals surface area contributed by atoms with Gasteiger partial charge in [0.05, 0.1) is 34.5 Å². The number of anilines is 1. The summed E-state index contributed by atoms with van der Waals surface area (Å²) in [5.41, 5.74) is -0.452. The summed E-state index contributed by atoms with van der Waals surface area (Å²) in [6.07, 6.45) is -3.19. The highest BCUT2D eigenvalue weighted by Gasteiger charge is 2.38. The van der Waals surface area contributed by atoms with E-state index in [9.17, 15) is 45.5 Å². The molecule has 0 unspecified atom stereocenters. The van der Waals surface area contributed by atoms with Gasteiger partial charge in [-0.1, -0.05) is 24.3 Å². The van der Waals surface area contributed by atoms with E-state index >= 15 is 0 Å². The summed E-state index contributed by atoms with van der Waals surface area (Å²) < 4.78 is 91.1. The van der Waals surface area contributed by atoms with E-state index < -0.39 is 55.9 Å². The van der Waals surface area contributed by atoms with Crippen molar-refractivity contribution in [3.8, 4) is 23.1 Å². The standard InChI is InChI=1S/C41H36F4N4O8S/c1-40(53,39(52)48-28-10-9-26(20-46)33(19-28)41(43,44)45)23-58(54,55)30-13-11-29(12-14-30)57-16-15-56-22-36(51)47-21-24-5-7-25(8-6-24)38-31-3-2-4-35(50)32-17-27(42)18-34(49-38)37(31)32/h5-14,17-19,49,53H,2-4,15-16,21-23H2,1H3,(H,47,51)(H,48,52)/t40-/m0/s1. The number of Topliss-reactive ketones (excluding diaryl/α,β-unsaturated/α-hetero) is 1. The molecule has 4 aromatic carbocycles. The first-order chi connectivity index (χ1) is 27.4. The number of aromatic amines is 1. The first-order valence-electron chi connectivity index (χ1n) is 17.9. The normalized spacial score (nSPS) is 14.0. The highest BCUT2D eigenvalue weighted by Crippen LogP contribution is 2.37. The number of rotatable bonds is 14. The molecule has 6 rings (SSSR count). The van der Waals surface area contributed by atoms with E-state index in [2.05, 4.69) is 15.6 Å². The van der Waals surface area contributed by atoms with E-state index in [-0.39, 0.29) is 48.7 Å². The minimum Gasteiger partial charge on any atom is -0.491 e. The minimum absolute atomic E-state index is 0.0131. The van der Waals surface area contributed by atoms with E-state index in [1.54, 1.807) is 0 Å². The number of halogens is 4. The maximum Gasteiger partial charge on any atom is 0.417 e. The second-order valence-corrected chi connectivity index (χ2v) is 15.8. The molecular formula is C41H36F4N4O8S.